The third-order valence-electron chi connectivity index (χ3n) is 3.34. The second kappa shape index (κ2) is 5.50. The van der Waals surface area contributed by atoms with Gasteiger partial charge in [0.2, 0.25) is 0 Å². The molecule has 0 aromatic carbocycles. The van der Waals surface area contributed by atoms with Crippen LogP contribution in [0.25, 0.3) is 0 Å². The van der Waals surface area contributed by atoms with E-state index in [9.17, 15) is 4.79 Å². The van der Waals surface area contributed by atoms with Gasteiger partial charge in [0.25, 0.3) is 5.91 Å². The van der Waals surface area contributed by atoms with E-state index in [1.807, 2.05) is 11.8 Å². The van der Waals surface area contributed by atoms with Gasteiger partial charge < -0.3 is 4.90 Å². The maximum Gasteiger partial charge on any atom is 0.254 e. The zero-order valence-electron chi connectivity index (χ0n) is 10.0. The molecule has 0 radical (unpaired) electrons. The summed E-state index contributed by atoms with van der Waals surface area (Å²) in [5.41, 5.74) is 0.638. The van der Waals surface area contributed by atoms with Crippen LogP contribution in [-0.2, 0) is 0 Å². The molecule has 17 heavy (non-hydrogen) atoms. The molecule has 2 rings (SSSR count). The van der Waals surface area contributed by atoms with Crippen molar-refractivity contribution in [3.8, 4) is 0 Å². The minimum atomic E-state index is 0.0729. The van der Waals surface area contributed by atoms with Crippen LogP contribution in [0.5, 0.6) is 0 Å². The highest BCUT2D eigenvalue weighted by Crippen LogP contribution is 2.24. The zero-order chi connectivity index (χ0) is 12.3. The van der Waals surface area contributed by atoms with Crippen molar-refractivity contribution in [3.05, 3.63) is 29.0 Å². The maximum atomic E-state index is 12.4. The van der Waals surface area contributed by atoms with Crippen molar-refractivity contribution in [2.24, 2.45) is 0 Å². The smallest absolute Gasteiger partial charge is 0.254 e. The van der Waals surface area contributed by atoms with E-state index in [0.717, 1.165) is 19.4 Å². The van der Waals surface area contributed by atoms with E-state index in [2.05, 4.69) is 4.98 Å². The second-order valence-electron chi connectivity index (χ2n) is 4.40. The molecule has 92 valence electrons. The van der Waals surface area contributed by atoms with Crippen LogP contribution in [0.2, 0.25) is 5.15 Å². The standard InChI is InChI=1S/C13H17ClN2O/c1-2-16(11-5-3-4-6-11)13(17)10-7-8-15-12(14)9-10/h7-9,11H,2-6H2,1H3. The monoisotopic (exact) mass is 252 g/mol. The molecule has 4 heteroatoms. The fourth-order valence-corrected chi connectivity index (χ4v) is 2.66. The summed E-state index contributed by atoms with van der Waals surface area (Å²) in [5, 5.41) is 0.373. The van der Waals surface area contributed by atoms with Crippen LogP contribution in [0.1, 0.15) is 43.0 Å². The van der Waals surface area contributed by atoms with Crippen LogP contribution in [0, 0.1) is 0 Å². The Morgan fingerprint density at radius 2 is 2.24 bits per heavy atom. The molecule has 0 aliphatic heterocycles. The number of hydrogen-bond acceptors (Lipinski definition) is 2. The Hall–Kier alpha value is -1.09. The highest BCUT2D eigenvalue weighted by atomic mass is 35.5. The molecule has 0 bridgehead atoms. The Morgan fingerprint density at radius 1 is 1.53 bits per heavy atom. The van der Waals surface area contributed by atoms with Crippen LogP contribution in [0.15, 0.2) is 18.3 Å². The average molecular weight is 253 g/mol. The first-order valence-corrected chi connectivity index (χ1v) is 6.52. The third kappa shape index (κ3) is 2.78. The molecule has 0 unspecified atom stereocenters. The summed E-state index contributed by atoms with van der Waals surface area (Å²) in [7, 11) is 0. The van der Waals surface area contributed by atoms with Gasteiger partial charge in [-0.1, -0.05) is 24.4 Å². The molecule has 0 N–H and O–H groups in total. The first-order chi connectivity index (χ1) is 8.22. The van der Waals surface area contributed by atoms with Crippen molar-refractivity contribution in [1.29, 1.82) is 0 Å². The van der Waals surface area contributed by atoms with E-state index in [4.69, 9.17) is 11.6 Å². The summed E-state index contributed by atoms with van der Waals surface area (Å²) in [4.78, 5) is 18.2. The summed E-state index contributed by atoms with van der Waals surface area (Å²) in [6.07, 6.45) is 6.28. The topological polar surface area (TPSA) is 33.2 Å². The fraction of sp³-hybridized carbons (Fsp3) is 0.538. The molecule has 1 heterocycles. The highest BCUT2D eigenvalue weighted by molar-refractivity contribution is 6.29. The van der Waals surface area contributed by atoms with Gasteiger partial charge in [-0.05, 0) is 31.9 Å². The zero-order valence-corrected chi connectivity index (χ0v) is 10.8. The maximum absolute atomic E-state index is 12.4. The van der Waals surface area contributed by atoms with E-state index in [-0.39, 0.29) is 5.91 Å². The minimum Gasteiger partial charge on any atom is -0.336 e. The Labute approximate surface area is 107 Å². The number of halogens is 1. The van der Waals surface area contributed by atoms with Gasteiger partial charge >= 0.3 is 0 Å². The largest absolute Gasteiger partial charge is 0.336 e. The highest BCUT2D eigenvalue weighted by Gasteiger charge is 2.26. The van der Waals surface area contributed by atoms with Gasteiger partial charge in [0, 0.05) is 24.3 Å². The number of hydrogen-bond donors (Lipinski definition) is 0. The Morgan fingerprint density at radius 3 is 2.82 bits per heavy atom. The molecule has 1 fully saturated rings. The minimum absolute atomic E-state index is 0.0729. The van der Waals surface area contributed by atoms with Crippen LogP contribution >= 0.6 is 11.6 Å². The molecule has 1 amide bonds. The van der Waals surface area contributed by atoms with Crippen molar-refractivity contribution in [3.63, 3.8) is 0 Å². The lowest BCUT2D eigenvalue weighted by Gasteiger charge is -2.27. The molecule has 1 aliphatic carbocycles. The van der Waals surface area contributed by atoms with E-state index in [1.54, 1.807) is 18.3 Å². The van der Waals surface area contributed by atoms with Crippen LogP contribution in [0.4, 0.5) is 0 Å². The number of nitrogens with zero attached hydrogens (tertiary/aromatic N) is 2. The molecular formula is C13H17ClN2O. The van der Waals surface area contributed by atoms with Crippen molar-refractivity contribution >= 4 is 17.5 Å². The first-order valence-electron chi connectivity index (χ1n) is 6.15. The lowest BCUT2D eigenvalue weighted by atomic mass is 10.1. The van der Waals surface area contributed by atoms with Crippen molar-refractivity contribution in [2.75, 3.05) is 6.54 Å². The van der Waals surface area contributed by atoms with Gasteiger partial charge in [0.15, 0.2) is 0 Å². The van der Waals surface area contributed by atoms with Crippen LogP contribution < -0.4 is 0 Å². The van der Waals surface area contributed by atoms with Gasteiger partial charge in [-0.3, -0.25) is 4.79 Å². The van der Waals surface area contributed by atoms with Gasteiger partial charge in [-0.25, -0.2) is 4.98 Å². The number of pyridine rings is 1. The number of carbonyl (C=O) groups is 1. The molecule has 0 spiro atoms. The van der Waals surface area contributed by atoms with Gasteiger partial charge in [0.05, 0.1) is 0 Å². The van der Waals surface area contributed by atoms with Crippen molar-refractivity contribution in [2.45, 2.75) is 38.6 Å². The number of aromatic nitrogens is 1. The van der Waals surface area contributed by atoms with Gasteiger partial charge in [-0.15, -0.1) is 0 Å². The van der Waals surface area contributed by atoms with E-state index < -0.39 is 0 Å². The quantitative estimate of drug-likeness (QED) is 0.775. The van der Waals surface area contributed by atoms with E-state index in [0.29, 0.717) is 16.8 Å². The molecule has 1 aromatic rings. The SMILES string of the molecule is CCN(C(=O)c1ccnc(Cl)c1)C1CCCC1. The number of rotatable bonds is 3. The summed E-state index contributed by atoms with van der Waals surface area (Å²) >= 11 is 5.81. The van der Waals surface area contributed by atoms with Crippen LogP contribution in [-0.4, -0.2) is 28.4 Å². The predicted octanol–water partition coefficient (Wildman–Crippen LogP) is 3.14. The van der Waals surface area contributed by atoms with Gasteiger partial charge in [0.1, 0.15) is 5.15 Å². The van der Waals surface area contributed by atoms with E-state index in [1.165, 1.54) is 12.8 Å². The summed E-state index contributed by atoms with van der Waals surface area (Å²) in [5.74, 6) is 0.0729. The number of amides is 1. The second-order valence-corrected chi connectivity index (χ2v) is 4.78. The lowest BCUT2D eigenvalue weighted by molar-refractivity contribution is 0.0693. The Balaban J connectivity index is 2.16. The molecule has 0 saturated heterocycles. The molecule has 3 nitrogen and oxygen atoms in total. The first kappa shape index (κ1) is 12.4. The van der Waals surface area contributed by atoms with Crippen LogP contribution in [0.3, 0.4) is 0 Å². The van der Waals surface area contributed by atoms with E-state index >= 15 is 0 Å². The fourth-order valence-electron chi connectivity index (χ4n) is 2.48. The Kier molecular flexibility index (Phi) is 4.00. The summed E-state index contributed by atoms with van der Waals surface area (Å²) < 4.78 is 0. The molecule has 1 saturated carbocycles. The molecule has 1 aliphatic rings. The molecular weight excluding hydrogens is 236 g/mol. The molecule has 0 atom stereocenters. The molecule has 1 aromatic heterocycles. The lowest BCUT2D eigenvalue weighted by Crippen LogP contribution is -2.38. The third-order valence-corrected chi connectivity index (χ3v) is 3.55. The Bertz CT molecular complexity index is 402. The average Bonchev–Trinajstić information content (AvgIpc) is 2.83. The normalized spacial score (nSPS) is 16.1. The van der Waals surface area contributed by atoms with Gasteiger partial charge in [-0.2, -0.15) is 0 Å². The summed E-state index contributed by atoms with van der Waals surface area (Å²) in [6.45, 7) is 2.78. The summed E-state index contributed by atoms with van der Waals surface area (Å²) in [6, 6.07) is 3.77. The predicted molar refractivity (Wildman–Crippen MR) is 68.2 cm³/mol. The number of carbonyl (C=O) groups excluding carboxylic acids is 1. The van der Waals surface area contributed by atoms with Crippen molar-refractivity contribution < 1.29 is 4.79 Å². The van der Waals surface area contributed by atoms with Crippen molar-refractivity contribution in [1.82, 2.24) is 9.88 Å².